The second-order valence-electron chi connectivity index (χ2n) is 6.81. The molecule has 3 heteroatoms. The van der Waals surface area contributed by atoms with Crippen molar-refractivity contribution in [3.63, 3.8) is 0 Å². The predicted molar refractivity (Wildman–Crippen MR) is 103 cm³/mol. The molecule has 1 saturated heterocycles. The van der Waals surface area contributed by atoms with Gasteiger partial charge in [0, 0.05) is 12.6 Å². The first kappa shape index (κ1) is 17.7. The largest absolute Gasteiger partial charge is 0.339 e. The number of nitrogens with one attached hydrogen (secondary N) is 1. The minimum Gasteiger partial charge on any atom is -0.339 e. The van der Waals surface area contributed by atoms with E-state index in [9.17, 15) is 4.79 Å². The summed E-state index contributed by atoms with van der Waals surface area (Å²) >= 11 is 0. The van der Waals surface area contributed by atoms with Gasteiger partial charge in [-0.1, -0.05) is 61.5 Å². The first-order chi connectivity index (χ1) is 12.3. The summed E-state index contributed by atoms with van der Waals surface area (Å²) in [6.45, 7) is 5.05. The fourth-order valence-electron chi connectivity index (χ4n) is 3.59. The van der Waals surface area contributed by atoms with Crippen molar-refractivity contribution in [1.29, 1.82) is 0 Å². The molecule has 0 spiro atoms. The first-order valence-electron chi connectivity index (χ1n) is 9.42. The van der Waals surface area contributed by atoms with E-state index in [0.29, 0.717) is 12.5 Å². The van der Waals surface area contributed by atoms with Crippen molar-refractivity contribution < 1.29 is 4.79 Å². The van der Waals surface area contributed by atoms with Gasteiger partial charge in [0.15, 0.2) is 0 Å². The Labute approximate surface area is 151 Å². The third-order valence-electron chi connectivity index (χ3n) is 4.95. The quantitative estimate of drug-likeness (QED) is 0.868. The van der Waals surface area contributed by atoms with E-state index in [4.69, 9.17) is 0 Å². The van der Waals surface area contributed by atoms with Crippen LogP contribution in [-0.4, -0.2) is 36.5 Å². The molecule has 132 valence electrons. The van der Waals surface area contributed by atoms with Crippen LogP contribution in [0, 0.1) is 0 Å². The van der Waals surface area contributed by atoms with Crippen LogP contribution in [0.2, 0.25) is 0 Å². The molecule has 2 aromatic carbocycles. The molecule has 0 atom stereocenters. The number of hydrogen-bond acceptors (Lipinski definition) is 2. The Morgan fingerprint density at radius 2 is 1.64 bits per heavy atom. The van der Waals surface area contributed by atoms with Crippen LogP contribution in [0.3, 0.4) is 0 Å². The zero-order chi connectivity index (χ0) is 17.5. The van der Waals surface area contributed by atoms with Gasteiger partial charge < -0.3 is 10.2 Å². The van der Waals surface area contributed by atoms with Crippen molar-refractivity contribution in [3.05, 3.63) is 60.2 Å². The van der Waals surface area contributed by atoms with Gasteiger partial charge in [-0.05, 0) is 49.0 Å². The van der Waals surface area contributed by atoms with E-state index < -0.39 is 0 Å². The Balaban J connectivity index is 1.66. The third-order valence-corrected chi connectivity index (χ3v) is 4.95. The lowest BCUT2D eigenvalue weighted by molar-refractivity contribution is -0.133. The van der Waals surface area contributed by atoms with Crippen molar-refractivity contribution in [2.45, 2.75) is 38.6 Å². The van der Waals surface area contributed by atoms with Gasteiger partial charge in [0.1, 0.15) is 0 Å². The van der Waals surface area contributed by atoms with E-state index in [1.165, 1.54) is 11.1 Å². The van der Waals surface area contributed by atoms with Gasteiger partial charge in [0.25, 0.3) is 0 Å². The molecule has 0 aliphatic carbocycles. The van der Waals surface area contributed by atoms with E-state index in [0.717, 1.165) is 44.5 Å². The maximum atomic E-state index is 12.9. The lowest BCUT2D eigenvalue weighted by Gasteiger charge is -2.34. The summed E-state index contributed by atoms with van der Waals surface area (Å²) in [4.78, 5) is 15.0. The van der Waals surface area contributed by atoms with Crippen LogP contribution < -0.4 is 5.32 Å². The number of benzene rings is 2. The second-order valence-corrected chi connectivity index (χ2v) is 6.81. The van der Waals surface area contributed by atoms with Gasteiger partial charge >= 0.3 is 0 Å². The van der Waals surface area contributed by atoms with E-state index in [2.05, 4.69) is 65.7 Å². The average Bonchev–Trinajstić information content (AvgIpc) is 2.68. The predicted octanol–water partition coefficient (Wildman–Crippen LogP) is 3.89. The maximum absolute atomic E-state index is 12.9. The van der Waals surface area contributed by atoms with Crippen LogP contribution >= 0.6 is 0 Å². The van der Waals surface area contributed by atoms with Gasteiger partial charge in [-0.3, -0.25) is 4.79 Å². The molecule has 1 amide bonds. The van der Waals surface area contributed by atoms with Crippen LogP contribution in [0.1, 0.15) is 31.7 Å². The van der Waals surface area contributed by atoms with Crippen molar-refractivity contribution in [2.24, 2.45) is 0 Å². The highest BCUT2D eigenvalue weighted by atomic mass is 16.2. The van der Waals surface area contributed by atoms with Crippen molar-refractivity contribution >= 4 is 5.91 Å². The number of amides is 1. The summed E-state index contributed by atoms with van der Waals surface area (Å²) < 4.78 is 0. The van der Waals surface area contributed by atoms with Crippen LogP contribution in [-0.2, 0) is 11.2 Å². The van der Waals surface area contributed by atoms with Crippen LogP contribution in [0.4, 0.5) is 0 Å². The molecule has 0 saturated carbocycles. The monoisotopic (exact) mass is 336 g/mol. The molecule has 0 unspecified atom stereocenters. The number of carbonyl (C=O) groups excluding carboxylic acids is 1. The summed E-state index contributed by atoms with van der Waals surface area (Å²) in [5.74, 6) is 0.265. The molecule has 0 radical (unpaired) electrons. The molecule has 3 rings (SSSR count). The van der Waals surface area contributed by atoms with Crippen molar-refractivity contribution in [2.75, 3.05) is 19.6 Å². The third kappa shape index (κ3) is 4.70. The van der Waals surface area contributed by atoms with E-state index in [1.54, 1.807) is 0 Å². The number of nitrogens with zero attached hydrogens (tertiary/aromatic N) is 1. The number of rotatable bonds is 6. The summed E-state index contributed by atoms with van der Waals surface area (Å²) in [5.41, 5.74) is 3.50. The van der Waals surface area contributed by atoms with E-state index in [1.807, 2.05) is 6.07 Å². The van der Waals surface area contributed by atoms with E-state index in [-0.39, 0.29) is 5.91 Å². The summed E-state index contributed by atoms with van der Waals surface area (Å²) in [5, 5.41) is 3.38. The Morgan fingerprint density at radius 1 is 1.00 bits per heavy atom. The van der Waals surface area contributed by atoms with Gasteiger partial charge in [-0.2, -0.15) is 0 Å². The highest BCUT2D eigenvalue weighted by molar-refractivity contribution is 5.79. The molecule has 25 heavy (non-hydrogen) atoms. The zero-order valence-corrected chi connectivity index (χ0v) is 15.1. The molecule has 3 nitrogen and oxygen atoms in total. The Hall–Kier alpha value is -2.13. The number of carbonyl (C=O) groups is 1. The molecule has 1 aliphatic rings. The minimum atomic E-state index is 0.265. The van der Waals surface area contributed by atoms with Gasteiger partial charge in [-0.15, -0.1) is 0 Å². The lowest BCUT2D eigenvalue weighted by Crippen LogP contribution is -2.47. The Morgan fingerprint density at radius 3 is 2.28 bits per heavy atom. The molecule has 2 aromatic rings. The summed E-state index contributed by atoms with van der Waals surface area (Å²) in [6, 6.07) is 19.2. The zero-order valence-electron chi connectivity index (χ0n) is 15.1. The van der Waals surface area contributed by atoms with Crippen LogP contribution in [0.25, 0.3) is 11.1 Å². The van der Waals surface area contributed by atoms with Crippen molar-refractivity contribution in [1.82, 2.24) is 10.2 Å². The molecule has 1 N–H and O–H groups in total. The fraction of sp³-hybridized carbons (Fsp3) is 0.409. The highest BCUT2D eigenvalue weighted by Gasteiger charge is 2.24. The van der Waals surface area contributed by atoms with Crippen LogP contribution in [0.15, 0.2) is 54.6 Å². The first-order valence-corrected chi connectivity index (χ1v) is 9.42. The Kier molecular flexibility index (Phi) is 6.24. The SMILES string of the molecule is CCCN(C(=O)Cc1ccc(-c2ccccc2)cc1)C1CCNCC1. The standard InChI is InChI=1S/C22H28N2O/c1-2-16-24(21-12-14-23-15-13-21)22(25)17-18-8-10-20(11-9-18)19-6-4-3-5-7-19/h3-11,21,23H,2,12-17H2,1H3. The van der Waals surface area contributed by atoms with Crippen molar-refractivity contribution in [3.8, 4) is 11.1 Å². The van der Waals surface area contributed by atoms with Gasteiger partial charge in [0.2, 0.25) is 5.91 Å². The van der Waals surface area contributed by atoms with E-state index >= 15 is 0 Å². The maximum Gasteiger partial charge on any atom is 0.227 e. The Bertz CT molecular complexity index is 660. The molecule has 1 heterocycles. The minimum absolute atomic E-state index is 0.265. The topological polar surface area (TPSA) is 32.3 Å². The number of hydrogen-bond donors (Lipinski definition) is 1. The van der Waals surface area contributed by atoms with Gasteiger partial charge in [-0.25, -0.2) is 0 Å². The molecule has 0 bridgehead atoms. The second kappa shape index (κ2) is 8.82. The average molecular weight is 336 g/mol. The molecule has 0 aromatic heterocycles. The summed E-state index contributed by atoms with van der Waals surface area (Å²) in [6.07, 6.45) is 3.65. The molecule has 1 aliphatic heterocycles. The highest BCUT2D eigenvalue weighted by Crippen LogP contribution is 2.20. The molecular weight excluding hydrogens is 308 g/mol. The summed E-state index contributed by atoms with van der Waals surface area (Å²) in [7, 11) is 0. The van der Waals surface area contributed by atoms with Gasteiger partial charge in [0.05, 0.1) is 6.42 Å². The molecular formula is C22H28N2O. The smallest absolute Gasteiger partial charge is 0.227 e. The fourth-order valence-corrected chi connectivity index (χ4v) is 3.59. The lowest BCUT2D eigenvalue weighted by atomic mass is 10.0. The number of piperidine rings is 1. The normalized spacial score (nSPS) is 15.1. The van der Waals surface area contributed by atoms with Crippen LogP contribution in [0.5, 0.6) is 0 Å². The molecule has 1 fully saturated rings.